The van der Waals surface area contributed by atoms with Crippen LogP contribution in [0.2, 0.25) is 0 Å². The number of carbonyl (C=O) groups is 2. The van der Waals surface area contributed by atoms with Gasteiger partial charge in [0.05, 0.1) is 11.9 Å². The Labute approximate surface area is 236 Å². The van der Waals surface area contributed by atoms with Gasteiger partial charge in [0.25, 0.3) is 0 Å². The van der Waals surface area contributed by atoms with E-state index in [1.807, 2.05) is 50.2 Å². The minimum Gasteiger partial charge on any atom is -0.352 e. The predicted molar refractivity (Wildman–Crippen MR) is 157 cm³/mol. The highest BCUT2D eigenvalue weighted by Gasteiger charge is 2.28. The van der Waals surface area contributed by atoms with Crippen molar-refractivity contribution in [3.05, 3.63) is 63.6 Å². The summed E-state index contributed by atoms with van der Waals surface area (Å²) in [5, 5.41) is 3.15. The molecule has 1 fully saturated rings. The summed E-state index contributed by atoms with van der Waals surface area (Å²) in [4.78, 5) is 28.3. The fourth-order valence-electron chi connectivity index (χ4n) is 4.82. The van der Waals surface area contributed by atoms with Gasteiger partial charge in [0.15, 0.2) is 0 Å². The molecule has 0 spiro atoms. The van der Waals surface area contributed by atoms with Crippen molar-refractivity contribution in [3.63, 3.8) is 0 Å². The number of carbonyl (C=O) groups excluding carboxylic acids is 2. The number of amides is 2. The molecule has 0 aromatic heterocycles. The normalized spacial score (nSPS) is 15.1. The molecule has 1 N–H and O–H groups in total. The lowest BCUT2D eigenvalue weighted by molar-refractivity contribution is -0.141. The van der Waals surface area contributed by atoms with Crippen molar-refractivity contribution in [2.24, 2.45) is 0 Å². The van der Waals surface area contributed by atoms with Crippen molar-refractivity contribution in [2.75, 3.05) is 17.1 Å². The van der Waals surface area contributed by atoms with E-state index in [4.69, 9.17) is 0 Å². The highest BCUT2D eigenvalue weighted by atomic mass is 79.9. The Morgan fingerprint density at radius 2 is 1.68 bits per heavy atom. The molecule has 7 nitrogen and oxygen atoms in total. The lowest BCUT2D eigenvalue weighted by atomic mass is 9.95. The molecule has 2 aromatic rings. The molecular formula is C29H40BrN3O4S. The minimum atomic E-state index is -3.52. The maximum atomic E-state index is 13.5. The molecule has 1 aliphatic rings. The zero-order valence-electron chi connectivity index (χ0n) is 22.9. The number of rotatable bonds is 11. The van der Waals surface area contributed by atoms with E-state index < -0.39 is 16.1 Å². The van der Waals surface area contributed by atoms with Gasteiger partial charge < -0.3 is 10.2 Å². The predicted octanol–water partition coefficient (Wildman–Crippen LogP) is 5.48. The lowest BCUT2D eigenvalue weighted by Crippen LogP contribution is -2.50. The third kappa shape index (κ3) is 8.56. The smallest absolute Gasteiger partial charge is 0.242 e. The second kappa shape index (κ2) is 13.6. The van der Waals surface area contributed by atoms with E-state index in [1.165, 1.54) is 17.0 Å². The van der Waals surface area contributed by atoms with Gasteiger partial charge in [0.1, 0.15) is 6.04 Å². The van der Waals surface area contributed by atoms with E-state index in [-0.39, 0.29) is 30.8 Å². The second-order valence-corrected chi connectivity index (χ2v) is 13.2. The van der Waals surface area contributed by atoms with Crippen molar-refractivity contribution in [1.82, 2.24) is 10.2 Å². The first-order chi connectivity index (χ1) is 18.0. The molecule has 0 aliphatic heterocycles. The number of aryl methyl sites for hydroxylation is 2. The van der Waals surface area contributed by atoms with Crippen LogP contribution >= 0.6 is 15.9 Å². The molecule has 1 saturated carbocycles. The summed E-state index contributed by atoms with van der Waals surface area (Å²) >= 11 is 3.44. The number of nitrogens with one attached hydrogen (secondary N) is 1. The Bertz CT molecular complexity index is 1210. The van der Waals surface area contributed by atoms with Gasteiger partial charge in [-0.25, -0.2) is 8.42 Å². The zero-order chi connectivity index (χ0) is 27.9. The summed E-state index contributed by atoms with van der Waals surface area (Å²) in [7, 11) is -3.52. The van der Waals surface area contributed by atoms with Crippen LogP contribution in [0.1, 0.15) is 68.6 Å². The number of sulfonamides is 1. The molecular weight excluding hydrogens is 566 g/mol. The summed E-state index contributed by atoms with van der Waals surface area (Å²) < 4.78 is 27.4. The van der Waals surface area contributed by atoms with Gasteiger partial charge in [0, 0.05) is 30.0 Å². The third-order valence-corrected chi connectivity index (χ3v) is 9.04. The summed E-state index contributed by atoms with van der Waals surface area (Å²) in [5.41, 5.74) is 3.61. The Hall–Kier alpha value is -2.39. The number of hydrogen-bond acceptors (Lipinski definition) is 4. The molecule has 0 radical (unpaired) electrons. The monoisotopic (exact) mass is 605 g/mol. The molecule has 3 rings (SSSR count). The van der Waals surface area contributed by atoms with Crippen molar-refractivity contribution < 1.29 is 18.0 Å². The number of nitrogens with zero attached hydrogens (tertiary/aromatic N) is 2. The number of hydrogen-bond donors (Lipinski definition) is 1. The van der Waals surface area contributed by atoms with Crippen LogP contribution in [0.25, 0.3) is 0 Å². The van der Waals surface area contributed by atoms with Crippen LogP contribution in [-0.2, 0) is 26.2 Å². The number of halogens is 1. The van der Waals surface area contributed by atoms with E-state index in [0.29, 0.717) is 18.7 Å². The first kappa shape index (κ1) is 30.2. The topological polar surface area (TPSA) is 86.8 Å². The van der Waals surface area contributed by atoms with Gasteiger partial charge in [-0.1, -0.05) is 53.4 Å². The highest BCUT2D eigenvalue weighted by Crippen LogP contribution is 2.23. The lowest BCUT2D eigenvalue weighted by Gasteiger charge is -2.31. The Kier molecular flexibility index (Phi) is 10.8. The second-order valence-electron chi connectivity index (χ2n) is 10.4. The maximum absolute atomic E-state index is 13.5. The molecule has 1 aliphatic carbocycles. The largest absolute Gasteiger partial charge is 0.352 e. The average Bonchev–Trinajstić information content (AvgIpc) is 2.87. The van der Waals surface area contributed by atoms with E-state index in [1.54, 1.807) is 17.9 Å². The number of anilines is 1. The summed E-state index contributed by atoms with van der Waals surface area (Å²) in [6, 6.07) is 12.8. The molecule has 0 unspecified atom stereocenters. The van der Waals surface area contributed by atoms with Crippen LogP contribution in [0.4, 0.5) is 5.69 Å². The van der Waals surface area contributed by atoms with Gasteiger partial charge >= 0.3 is 0 Å². The zero-order valence-corrected chi connectivity index (χ0v) is 25.3. The fraction of sp³-hybridized carbons (Fsp3) is 0.517. The van der Waals surface area contributed by atoms with Crippen LogP contribution in [0, 0.1) is 13.8 Å². The molecule has 2 aromatic carbocycles. The first-order valence-corrected chi connectivity index (χ1v) is 16.0. The van der Waals surface area contributed by atoms with Crippen LogP contribution in [0.15, 0.2) is 46.9 Å². The molecule has 208 valence electrons. The molecule has 38 heavy (non-hydrogen) atoms. The van der Waals surface area contributed by atoms with Gasteiger partial charge in [-0.2, -0.15) is 0 Å². The van der Waals surface area contributed by atoms with Crippen molar-refractivity contribution in [3.8, 4) is 0 Å². The molecule has 0 heterocycles. The molecule has 9 heteroatoms. The summed E-state index contributed by atoms with van der Waals surface area (Å²) in [6.07, 6.45) is 7.01. The minimum absolute atomic E-state index is 0.133. The quantitative estimate of drug-likeness (QED) is 0.367. The van der Waals surface area contributed by atoms with Crippen LogP contribution in [0.5, 0.6) is 0 Å². The van der Waals surface area contributed by atoms with E-state index in [0.717, 1.165) is 46.8 Å². The standard InChI is InChI=1S/C29H40BrN3O4S/c1-21-12-17-27(19-22(21)2)33(38(4,36)37)18-8-11-28(34)32(20-24-13-15-25(30)16-14-24)23(3)29(35)31-26-9-6-5-7-10-26/h12-17,19,23,26H,5-11,18,20H2,1-4H3,(H,31,35)/t23-/m1/s1. The Balaban J connectivity index is 1.72. The van der Waals surface area contributed by atoms with Crippen LogP contribution < -0.4 is 9.62 Å². The summed E-state index contributed by atoms with van der Waals surface area (Å²) in [6.45, 7) is 6.18. The van der Waals surface area contributed by atoms with Crippen LogP contribution in [-0.4, -0.2) is 50.0 Å². The van der Waals surface area contributed by atoms with Gasteiger partial charge in [0.2, 0.25) is 21.8 Å². The summed E-state index contributed by atoms with van der Waals surface area (Å²) in [5.74, 6) is -0.317. The van der Waals surface area contributed by atoms with Crippen molar-refractivity contribution in [2.45, 2.75) is 84.3 Å². The molecule has 0 bridgehead atoms. The fourth-order valence-corrected chi connectivity index (χ4v) is 6.04. The van der Waals surface area contributed by atoms with Gasteiger partial charge in [-0.15, -0.1) is 0 Å². The van der Waals surface area contributed by atoms with Gasteiger partial charge in [-0.3, -0.25) is 13.9 Å². The average molecular weight is 607 g/mol. The van der Waals surface area contributed by atoms with E-state index >= 15 is 0 Å². The Morgan fingerprint density at radius 1 is 1.03 bits per heavy atom. The number of benzene rings is 2. The van der Waals surface area contributed by atoms with E-state index in [2.05, 4.69) is 21.2 Å². The van der Waals surface area contributed by atoms with Crippen LogP contribution in [0.3, 0.4) is 0 Å². The van der Waals surface area contributed by atoms with Crippen molar-refractivity contribution in [1.29, 1.82) is 0 Å². The molecule has 0 saturated heterocycles. The molecule has 2 amide bonds. The third-order valence-electron chi connectivity index (χ3n) is 7.32. The Morgan fingerprint density at radius 3 is 2.29 bits per heavy atom. The highest BCUT2D eigenvalue weighted by molar-refractivity contribution is 9.10. The van der Waals surface area contributed by atoms with Crippen molar-refractivity contribution >= 4 is 43.5 Å². The van der Waals surface area contributed by atoms with Gasteiger partial charge in [-0.05, 0) is 81.0 Å². The SMILES string of the molecule is Cc1ccc(N(CCCC(=O)N(Cc2ccc(Br)cc2)[C@H](C)C(=O)NC2CCCCC2)S(C)(=O)=O)cc1C. The first-order valence-electron chi connectivity index (χ1n) is 13.3. The maximum Gasteiger partial charge on any atom is 0.242 e. The van der Waals surface area contributed by atoms with E-state index in [9.17, 15) is 18.0 Å². The molecule has 1 atom stereocenters.